The van der Waals surface area contributed by atoms with Gasteiger partial charge in [0.1, 0.15) is 5.82 Å². The largest absolute Gasteiger partial charge is 0.341 e. The summed E-state index contributed by atoms with van der Waals surface area (Å²) in [6.07, 6.45) is 0. The molecule has 1 aromatic rings. The van der Waals surface area contributed by atoms with Crippen LogP contribution in [0.4, 0.5) is 14.9 Å². The molecule has 0 aliphatic carbocycles. The molecule has 0 aliphatic heterocycles. The molecule has 1 rings (SSSR count). The van der Waals surface area contributed by atoms with Crippen molar-refractivity contribution in [3.63, 3.8) is 0 Å². The highest BCUT2D eigenvalue weighted by atomic mass is 19.1. The minimum Gasteiger partial charge on any atom is -0.341 e. The zero-order valence-corrected chi connectivity index (χ0v) is 7.52. The summed E-state index contributed by atoms with van der Waals surface area (Å²) in [5, 5.41) is 4.90. The Kier molecular flexibility index (Phi) is 2.84. The molecule has 0 heterocycles. The standard InChI is InChI=1S/C9H11FN2O/c1-6-7(10)4-3-5-8(6)12-9(13)11-2/h3-5H,1-2H3,(H2,11,12,13). The van der Waals surface area contributed by atoms with Crippen molar-refractivity contribution in [3.8, 4) is 0 Å². The number of halogens is 1. The number of benzene rings is 1. The number of anilines is 1. The lowest BCUT2D eigenvalue weighted by Gasteiger charge is -2.07. The maximum Gasteiger partial charge on any atom is 0.318 e. The quantitative estimate of drug-likeness (QED) is 0.684. The lowest BCUT2D eigenvalue weighted by Crippen LogP contribution is -2.24. The SMILES string of the molecule is CNC(=O)Nc1cccc(F)c1C. The molecule has 2 amide bonds. The van der Waals surface area contributed by atoms with E-state index in [9.17, 15) is 9.18 Å². The van der Waals surface area contributed by atoms with Crippen molar-refractivity contribution in [2.24, 2.45) is 0 Å². The Morgan fingerprint density at radius 2 is 2.15 bits per heavy atom. The van der Waals surface area contributed by atoms with Crippen LogP contribution in [0.1, 0.15) is 5.56 Å². The van der Waals surface area contributed by atoms with Crippen molar-refractivity contribution in [2.45, 2.75) is 6.92 Å². The Labute approximate surface area is 76.0 Å². The third kappa shape index (κ3) is 2.18. The topological polar surface area (TPSA) is 41.1 Å². The first kappa shape index (κ1) is 9.51. The molecule has 0 unspecified atom stereocenters. The van der Waals surface area contributed by atoms with Gasteiger partial charge in [0, 0.05) is 18.3 Å². The van der Waals surface area contributed by atoms with Crippen LogP contribution in [0.5, 0.6) is 0 Å². The fraction of sp³-hybridized carbons (Fsp3) is 0.222. The van der Waals surface area contributed by atoms with Gasteiger partial charge >= 0.3 is 6.03 Å². The average Bonchev–Trinajstić information content (AvgIpc) is 2.13. The molecule has 0 saturated heterocycles. The van der Waals surface area contributed by atoms with Crippen molar-refractivity contribution in [3.05, 3.63) is 29.6 Å². The van der Waals surface area contributed by atoms with Gasteiger partial charge in [-0.1, -0.05) is 6.07 Å². The molecule has 0 aromatic heterocycles. The highest BCUT2D eigenvalue weighted by Gasteiger charge is 2.04. The van der Waals surface area contributed by atoms with Gasteiger partial charge in [0.25, 0.3) is 0 Å². The second-order valence-electron chi connectivity index (χ2n) is 2.62. The molecule has 1 aromatic carbocycles. The van der Waals surface area contributed by atoms with E-state index in [4.69, 9.17) is 0 Å². The van der Waals surface area contributed by atoms with Crippen molar-refractivity contribution < 1.29 is 9.18 Å². The molecule has 0 bridgehead atoms. The van der Waals surface area contributed by atoms with E-state index in [0.29, 0.717) is 11.3 Å². The molecule has 2 N–H and O–H groups in total. The Morgan fingerprint density at radius 1 is 1.46 bits per heavy atom. The summed E-state index contributed by atoms with van der Waals surface area (Å²) in [5.41, 5.74) is 0.922. The van der Waals surface area contributed by atoms with Crippen molar-refractivity contribution >= 4 is 11.7 Å². The lowest BCUT2D eigenvalue weighted by atomic mass is 10.2. The van der Waals surface area contributed by atoms with Crippen LogP contribution >= 0.6 is 0 Å². The summed E-state index contributed by atoms with van der Waals surface area (Å²) >= 11 is 0. The second kappa shape index (κ2) is 3.89. The molecule has 0 spiro atoms. The Balaban J connectivity index is 2.89. The molecule has 0 atom stereocenters. The Bertz CT molecular complexity index is 325. The summed E-state index contributed by atoms with van der Waals surface area (Å²) in [6.45, 7) is 1.61. The van der Waals surface area contributed by atoms with Crippen molar-refractivity contribution in [1.82, 2.24) is 5.32 Å². The van der Waals surface area contributed by atoms with E-state index >= 15 is 0 Å². The van der Waals surface area contributed by atoms with Gasteiger partial charge in [-0.05, 0) is 19.1 Å². The molecule has 13 heavy (non-hydrogen) atoms. The summed E-state index contributed by atoms with van der Waals surface area (Å²) in [4.78, 5) is 10.9. The lowest BCUT2D eigenvalue weighted by molar-refractivity contribution is 0.254. The Morgan fingerprint density at radius 3 is 2.77 bits per heavy atom. The van der Waals surface area contributed by atoms with Crippen LogP contribution in [0.3, 0.4) is 0 Å². The van der Waals surface area contributed by atoms with Crippen LogP contribution in [0.2, 0.25) is 0 Å². The van der Waals surface area contributed by atoms with Gasteiger partial charge in [0.2, 0.25) is 0 Å². The molecule has 0 fully saturated rings. The van der Waals surface area contributed by atoms with E-state index in [2.05, 4.69) is 10.6 Å². The van der Waals surface area contributed by atoms with Gasteiger partial charge in [-0.25, -0.2) is 9.18 Å². The zero-order valence-electron chi connectivity index (χ0n) is 7.52. The van der Waals surface area contributed by atoms with Crippen molar-refractivity contribution in [1.29, 1.82) is 0 Å². The van der Waals surface area contributed by atoms with Crippen LogP contribution in [0.25, 0.3) is 0 Å². The van der Waals surface area contributed by atoms with Gasteiger partial charge < -0.3 is 10.6 Å². The minimum absolute atomic E-state index is 0.325. The third-order valence-electron chi connectivity index (χ3n) is 1.74. The van der Waals surface area contributed by atoms with E-state index in [1.807, 2.05) is 0 Å². The van der Waals surface area contributed by atoms with Crippen LogP contribution < -0.4 is 10.6 Å². The molecule has 70 valence electrons. The second-order valence-corrected chi connectivity index (χ2v) is 2.62. The number of amides is 2. The van der Waals surface area contributed by atoms with Crippen LogP contribution in [0, 0.1) is 12.7 Å². The van der Waals surface area contributed by atoms with Gasteiger partial charge in [0.05, 0.1) is 0 Å². The predicted molar refractivity (Wildman–Crippen MR) is 49.2 cm³/mol. The van der Waals surface area contributed by atoms with Crippen LogP contribution in [-0.2, 0) is 0 Å². The maximum absolute atomic E-state index is 13.0. The first-order valence-corrected chi connectivity index (χ1v) is 3.89. The number of hydrogen-bond donors (Lipinski definition) is 2. The highest BCUT2D eigenvalue weighted by molar-refractivity contribution is 5.89. The van der Waals surface area contributed by atoms with E-state index in [0.717, 1.165) is 0 Å². The smallest absolute Gasteiger partial charge is 0.318 e. The van der Waals surface area contributed by atoms with Gasteiger partial charge in [-0.2, -0.15) is 0 Å². The summed E-state index contributed by atoms with van der Waals surface area (Å²) in [5.74, 6) is -0.325. The summed E-state index contributed by atoms with van der Waals surface area (Å²) in [6, 6.07) is 4.19. The van der Waals surface area contributed by atoms with Crippen LogP contribution in [0.15, 0.2) is 18.2 Å². The minimum atomic E-state index is -0.353. The zero-order chi connectivity index (χ0) is 9.84. The fourth-order valence-corrected chi connectivity index (χ4v) is 0.928. The summed E-state index contributed by atoms with van der Waals surface area (Å²) in [7, 11) is 1.50. The first-order valence-electron chi connectivity index (χ1n) is 3.89. The number of carbonyl (C=O) groups excluding carboxylic acids is 1. The molecular weight excluding hydrogens is 171 g/mol. The first-order chi connectivity index (χ1) is 6.15. The number of carbonyl (C=O) groups is 1. The van der Waals surface area contributed by atoms with Crippen molar-refractivity contribution in [2.75, 3.05) is 12.4 Å². The normalized spacial score (nSPS) is 9.46. The summed E-state index contributed by atoms with van der Waals surface area (Å²) < 4.78 is 13.0. The van der Waals surface area contributed by atoms with E-state index in [-0.39, 0.29) is 11.8 Å². The Hall–Kier alpha value is -1.58. The highest BCUT2D eigenvalue weighted by Crippen LogP contribution is 2.16. The monoisotopic (exact) mass is 182 g/mol. The fourth-order valence-electron chi connectivity index (χ4n) is 0.928. The number of nitrogens with one attached hydrogen (secondary N) is 2. The van der Waals surface area contributed by atoms with E-state index in [1.165, 1.54) is 13.1 Å². The average molecular weight is 182 g/mol. The van der Waals surface area contributed by atoms with Gasteiger partial charge in [0.15, 0.2) is 0 Å². The maximum atomic E-state index is 13.0. The van der Waals surface area contributed by atoms with Gasteiger partial charge in [-0.3, -0.25) is 0 Å². The molecule has 0 aliphatic rings. The molecule has 3 nitrogen and oxygen atoms in total. The molecular formula is C9H11FN2O. The third-order valence-corrected chi connectivity index (χ3v) is 1.74. The number of hydrogen-bond acceptors (Lipinski definition) is 1. The van der Waals surface area contributed by atoms with Gasteiger partial charge in [-0.15, -0.1) is 0 Å². The van der Waals surface area contributed by atoms with E-state index < -0.39 is 0 Å². The molecule has 0 saturated carbocycles. The van der Waals surface area contributed by atoms with E-state index in [1.54, 1.807) is 19.1 Å². The number of urea groups is 1. The molecule has 4 heteroatoms. The molecule has 0 radical (unpaired) electrons. The van der Waals surface area contributed by atoms with Crippen LogP contribution in [-0.4, -0.2) is 13.1 Å². The number of rotatable bonds is 1. The predicted octanol–water partition coefficient (Wildman–Crippen LogP) is 1.89.